The lowest BCUT2D eigenvalue weighted by molar-refractivity contribution is -0.139. The molecule has 1 aliphatic carbocycles. The first-order valence-electron chi connectivity index (χ1n) is 7.93. The molecule has 1 saturated carbocycles. The number of fused-ring (bicyclic) bond motifs is 1. The van der Waals surface area contributed by atoms with Gasteiger partial charge in [0.15, 0.2) is 0 Å². The van der Waals surface area contributed by atoms with Gasteiger partial charge in [-0.2, -0.15) is 0 Å². The van der Waals surface area contributed by atoms with Crippen molar-refractivity contribution < 1.29 is 4.79 Å². The predicted octanol–water partition coefficient (Wildman–Crippen LogP) is 1.06. The van der Waals surface area contributed by atoms with Crippen molar-refractivity contribution in [1.82, 2.24) is 9.80 Å². The highest BCUT2D eigenvalue weighted by Crippen LogP contribution is 2.30. The Hall–Kier alpha value is -0.610. The fraction of sp³-hybridized carbons (Fsp3) is 0.933. The molecule has 4 atom stereocenters. The molecule has 19 heavy (non-hydrogen) atoms. The third-order valence-electron chi connectivity index (χ3n) is 5.48. The number of nitrogens with zero attached hydrogens (tertiary/aromatic N) is 2. The van der Waals surface area contributed by atoms with E-state index in [1.54, 1.807) is 0 Å². The van der Waals surface area contributed by atoms with E-state index in [4.69, 9.17) is 5.73 Å². The molecule has 2 saturated heterocycles. The van der Waals surface area contributed by atoms with E-state index in [1.807, 2.05) is 0 Å². The van der Waals surface area contributed by atoms with Crippen LogP contribution in [0.15, 0.2) is 0 Å². The zero-order chi connectivity index (χ0) is 13.4. The average Bonchev–Trinajstić information content (AvgIpc) is 2.88. The molecule has 4 heteroatoms. The van der Waals surface area contributed by atoms with Gasteiger partial charge in [-0.15, -0.1) is 0 Å². The van der Waals surface area contributed by atoms with E-state index in [0.29, 0.717) is 23.9 Å². The van der Waals surface area contributed by atoms with Crippen LogP contribution in [-0.2, 0) is 4.79 Å². The Morgan fingerprint density at radius 2 is 2.00 bits per heavy atom. The molecule has 2 heterocycles. The van der Waals surface area contributed by atoms with Crippen molar-refractivity contribution in [3.63, 3.8) is 0 Å². The molecule has 0 aromatic carbocycles. The maximum absolute atomic E-state index is 12.7. The highest BCUT2D eigenvalue weighted by Gasteiger charge is 2.36. The van der Waals surface area contributed by atoms with Crippen LogP contribution in [0.25, 0.3) is 0 Å². The van der Waals surface area contributed by atoms with Crippen LogP contribution in [0.2, 0.25) is 0 Å². The van der Waals surface area contributed by atoms with Gasteiger partial charge in [0.2, 0.25) is 5.91 Å². The topological polar surface area (TPSA) is 49.6 Å². The highest BCUT2D eigenvalue weighted by atomic mass is 16.2. The molecular weight excluding hydrogens is 238 g/mol. The normalized spacial score (nSPS) is 40.2. The number of amides is 1. The summed E-state index contributed by atoms with van der Waals surface area (Å²) in [4.78, 5) is 17.4. The first-order valence-corrected chi connectivity index (χ1v) is 7.93. The second-order valence-electron chi connectivity index (χ2n) is 6.77. The standard InChI is InChI=1S/C15H27N3O/c1-11-9-12(4-5-14(11)16)15(19)18-8-7-17-6-2-3-13(17)10-18/h11-14H,2-10,16H2,1H3. The number of piperazine rings is 1. The minimum Gasteiger partial charge on any atom is -0.340 e. The molecule has 108 valence electrons. The monoisotopic (exact) mass is 265 g/mol. The van der Waals surface area contributed by atoms with Crippen molar-refractivity contribution in [1.29, 1.82) is 0 Å². The Labute approximate surface area is 116 Å². The molecule has 0 spiro atoms. The van der Waals surface area contributed by atoms with Gasteiger partial charge in [0.1, 0.15) is 0 Å². The van der Waals surface area contributed by atoms with Crippen molar-refractivity contribution in [3.05, 3.63) is 0 Å². The maximum atomic E-state index is 12.7. The van der Waals surface area contributed by atoms with E-state index in [9.17, 15) is 4.79 Å². The van der Waals surface area contributed by atoms with Gasteiger partial charge in [0.05, 0.1) is 0 Å². The van der Waals surface area contributed by atoms with Gasteiger partial charge in [0.25, 0.3) is 0 Å². The lowest BCUT2D eigenvalue weighted by atomic mass is 9.78. The van der Waals surface area contributed by atoms with Crippen LogP contribution in [0, 0.1) is 11.8 Å². The Morgan fingerprint density at radius 3 is 2.79 bits per heavy atom. The van der Waals surface area contributed by atoms with Crippen molar-refractivity contribution in [2.75, 3.05) is 26.2 Å². The Kier molecular flexibility index (Phi) is 3.81. The molecule has 0 bridgehead atoms. The maximum Gasteiger partial charge on any atom is 0.225 e. The van der Waals surface area contributed by atoms with Crippen LogP contribution in [0.5, 0.6) is 0 Å². The van der Waals surface area contributed by atoms with Crippen LogP contribution in [-0.4, -0.2) is 54.0 Å². The summed E-state index contributed by atoms with van der Waals surface area (Å²) in [6.07, 6.45) is 5.58. The summed E-state index contributed by atoms with van der Waals surface area (Å²) in [5.41, 5.74) is 6.06. The van der Waals surface area contributed by atoms with Gasteiger partial charge in [-0.1, -0.05) is 6.92 Å². The van der Waals surface area contributed by atoms with Crippen molar-refractivity contribution in [3.8, 4) is 0 Å². The number of carbonyl (C=O) groups is 1. The molecule has 3 fully saturated rings. The summed E-state index contributed by atoms with van der Waals surface area (Å²) in [6.45, 7) is 6.42. The van der Waals surface area contributed by atoms with E-state index >= 15 is 0 Å². The van der Waals surface area contributed by atoms with Crippen LogP contribution < -0.4 is 5.73 Å². The fourth-order valence-corrected chi connectivity index (χ4v) is 4.09. The summed E-state index contributed by atoms with van der Waals surface area (Å²) in [7, 11) is 0. The van der Waals surface area contributed by atoms with Crippen LogP contribution >= 0.6 is 0 Å². The van der Waals surface area contributed by atoms with Crippen LogP contribution in [0.1, 0.15) is 39.0 Å². The summed E-state index contributed by atoms with van der Waals surface area (Å²) < 4.78 is 0. The van der Waals surface area contributed by atoms with E-state index in [0.717, 1.165) is 38.9 Å². The average molecular weight is 265 g/mol. The SMILES string of the molecule is CC1CC(C(=O)N2CCN3CCCC3C2)CCC1N. The summed E-state index contributed by atoms with van der Waals surface area (Å²) in [5, 5.41) is 0. The number of hydrogen-bond acceptors (Lipinski definition) is 3. The lowest BCUT2D eigenvalue weighted by Gasteiger charge is -2.40. The first-order chi connectivity index (χ1) is 9.15. The third-order valence-corrected chi connectivity index (χ3v) is 5.48. The van der Waals surface area contributed by atoms with E-state index in [2.05, 4.69) is 16.7 Å². The van der Waals surface area contributed by atoms with Gasteiger partial charge in [-0.3, -0.25) is 9.69 Å². The Morgan fingerprint density at radius 1 is 1.16 bits per heavy atom. The van der Waals surface area contributed by atoms with E-state index in [-0.39, 0.29) is 5.92 Å². The molecule has 0 aromatic rings. The second kappa shape index (κ2) is 5.41. The number of nitrogens with two attached hydrogens (primary N) is 1. The summed E-state index contributed by atoms with van der Waals surface area (Å²) >= 11 is 0. The molecule has 1 amide bonds. The minimum atomic E-state index is 0.239. The third kappa shape index (κ3) is 2.65. The predicted molar refractivity (Wildman–Crippen MR) is 75.7 cm³/mol. The number of hydrogen-bond donors (Lipinski definition) is 1. The number of rotatable bonds is 1. The largest absolute Gasteiger partial charge is 0.340 e. The van der Waals surface area contributed by atoms with Crippen molar-refractivity contribution in [2.24, 2.45) is 17.6 Å². The summed E-state index contributed by atoms with van der Waals surface area (Å²) in [5.74, 6) is 1.14. The second-order valence-corrected chi connectivity index (χ2v) is 6.77. The quantitative estimate of drug-likeness (QED) is 0.771. The van der Waals surface area contributed by atoms with Gasteiger partial charge in [0, 0.05) is 37.6 Å². The van der Waals surface area contributed by atoms with E-state index in [1.165, 1.54) is 19.4 Å². The molecule has 4 unspecified atom stereocenters. The van der Waals surface area contributed by atoms with Crippen molar-refractivity contribution >= 4 is 5.91 Å². The van der Waals surface area contributed by atoms with E-state index < -0.39 is 0 Å². The van der Waals surface area contributed by atoms with Gasteiger partial charge in [-0.25, -0.2) is 0 Å². The molecular formula is C15H27N3O. The Balaban J connectivity index is 1.58. The molecule has 2 N–H and O–H groups in total. The molecule has 0 aromatic heterocycles. The zero-order valence-corrected chi connectivity index (χ0v) is 12.1. The van der Waals surface area contributed by atoms with Crippen molar-refractivity contribution in [2.45, 2.75) is 51.1 Å². The van der Waals surface area contributed by atoms with Gasteiger partial charge < -0.3 is 10.6 Å². The zero-order valence-electron chi connectivity index (χ0n) is 12.1. The van der Waals surface area contributed by atoms with Crippen LogP contribution in [0.3, 0.4) is 0 Å². The van der Waals surface area contributed by atoms with Gasteiger partial charge >= 0.3 is 0 Å². The van der Waals surface area contributed by atoms with Crippen LogP contribution in [0.4, 0.5) is 0 Å². The molecule has 4 nitrogen and oxygen atoms in total. The fourth-order valence-electron chi connectivity index (χ4n) is 4.09. The summed E-state index contributed by atoms with van der Waals surface area (Å²) in [6, 6.07) is 0.941. The smallest absolute Gasteiger partial charge is 0.225 e. The number of carbonyl (C=O) groups excluding carboxylic acids is 1. The molecule has 2 aliphatic heterocycles. The first kappa shape index (κ1) is 13.4. The molecule has 3 rings (SSSR count). The lowest BCUT2D eigenvalue weighted by Crippen LogP contribution is -2.54. The van der Waals surface area contributed by atoms with Gasteiger partial charge in [-0.05, 0) is 44.6 Å². The molecule has 0 radical (unpaired) electrons. The minimum absolute atomic E-state index is 0.239. The Bertz CT molecular complexity index is 346. The highest BCUT2D eigenvalue weighted by molar-refractivity contribution is 5.79. The molecule has 3 aliphatic rings.